The van der Waals surface area contributed by atoms with Gasteiger partial charge in [-0.05, 0) is 50.7 Å². The fourth-order valence-electron chi connectivity index (χ4n) is 4.77. The first-order valence-corrected chi connectivity index (χ1v) is 11.1. The standard InChI is InChI=1S/C23H31N3O4/c1-2-30-21(28)11-14-25(15-17-9-10-17)16-20(27)26-19-8-4-3-7-18(19)24-22(29)23(26)12-5-6-13-23/h3-4,7-8,17H,2,5-6,9-16H2,1H3,(H,24,29). The second-order valence-electron chi connectivity index (χ2n) is 8.67. The van der Waals surface area contributed by atoms with E-state index in [1.807, 2.05) is 24.3 Å². The quantitative estimate of drug-likeness (QED) is 0.663. The maximum absolute atomic E-state index is 13.6. The van der Waals surface area contributed by atoms with Gasteiger partial charge in [0.05, 0.1) is 30.9 Å². The molecular formula is C23H31N3O4. The van der Waals surface area contributed by atoms with Gasteiger partial charge in [0.15, 0.2) is 0 Å². The molecule has 162 valence electrons. The maximum Gasteiger partial charge on any atom is 0.307 e. The molecule has 0 aromatic heterocycles. The van der Waals surface area contributed by atoms with Crippen molar-refractivity contribution in [3.8, 4) is 0 Å². The first-order valence-electron chi connectivity index (χ1n) is 11.1. The van der Waals surface area contributed by atoms with Crippen LogP contribution < -0.4 is 10.2 Å². The van der Waals surface area contributed by atoms with Gasteiger partial charge in [-0.25, -0.2) is 0 Å². The number of amides is 2. The van der Waals surface area contributed by atoms with Gasteiger partial charge in [-0.1, -0.05) is 25.0 Å². The maximum atomic E-state index is 13.6. The highest BCUT2D eigenvalue weighted by atomic mass is 16.5. The summed E-state index contributed by atoms with van der Waals surface area (Å²) in [6.45, 7) is 3.67. The Hall–Kier alpha value is -2.41. The summed E-state index contributed by atoms with van der Waals surface area (Å²) in [5.74, 6) is 0.217. The van der Waals surface area contributed by atoms with Crippen LogP contribution in [0.1, 0.15) is 51.9 Å². The van der Waals surface area contributed by atoms with Crippen LogP contribution in [0.25, 0.3) is 0 Å². The molecular weight excluding hydrogens is 382 g/mol. The van der Waals surface area contributed by atoms with Crippen LogP contribution in [0.5, 0.6) is 0 Å². The smallest absolute Gasteiger partial charge is 0.307 e. The second-order valence-corrected chi connectivity index (χ2v) is 8.67. The van der Waals surface area contributed by atoms with E-state index in [1.54, 1.807) is 11.8 Å². The Labute approximate surface area is 177 Å². The molecule has 1 aliphatic heterocycles. The number of rotatable bonds is 8. The van der Waals surface area contributed by atoms with Gasteiger partial charge in [-0.3, -0.25) is 24.2 Å². The summed E-state index contributed by atoms with van der Waals surface area (Å²) in [6, 6.07) is 7.53. The lowest BCUT2D eigenvalue weighted by molar-refractivity contribution is -0.143. The van der Waals surface area contributed by atoms with Gasteiger partial charge < -0.3 is 10.1 Å². The number of carbonyl (C=O) groups is 3. The SMILES string of the molecule is CCOC(=O)CCN(CC(=O)N1c2ccccc2NC(=O)C12CCCC2)CC1CC1. The van der Waals surface area contributed by atoms with Gasteiger partial charge in [0.1, 0.15) is 5.54 Å². The van der Waals surface area contributed by atoms with Gasteiger partial charge in [0.25, 0.3) is 5.91 Å². The minimum absolute atomic E-state index is 0.0660. The van der Waals surface area contributed by atoms with E-state index in [-0.39, 0.29) is 30.7 Å². The van der Waals surface area contributed by atoms with Crippen molar-refractivity contribution in [1.82, 2.24) is 4.90 Å². The lowest BCUT2D eigenvalue weighted by Gasteiger charge is -2.45. The summed E-state index contributed by atoms with van der Waals surface area (Å²) in [5.41, 5.74) is 0.673. The fraction of sp³-hybridized carbons (Fsp3) is 0.609. The molecule has 1 heterocycles. The van der Waals surface area contributed by atoms with Gasteiger partial charge in [0, 0.05) is 13.1 Å². The normalized spacial score (nSPS) is 19.7. The van der Waals surface area contributed by atoms with Crippen molar-refractivity contribution in [3.63, 3.8) is 0 Å². The molecule has 1 aromatic rings. The predicted molar refractivity (Wildman–Crippen MR) is 114 cm³/mol. The van der Waals surface area contributed by atoms with Crippen molar-refractivity contribution in [2.24, 2.45) is 5.92 Å². The van der Waals surface area contributed by atoms with Crippen molar-refractivity contribution in [1.29, 1.82) is 0 Å². The molecule has 7 heteroatoms. The third kappa shape index (κ3) is 4.21. The summed E-state index contributed by atoms with van der Waals surface area (Å²) in [7, 11) is 0. The molecule has 3 aliphatic rings. The molecule has 0 unspecified atom stereocenters. The van der Waals surface area contributed by atoms with Crippen LogP contribution in [0.4, 0.5) is 11.4 Å². The lowest BCUT2D eigenvalue weighted by Crippen LogP contribution is -2.62. The highest BCUT2D eigenvalue weighted by molar-refractivity contribution is 6.15. The second kappa shape index (κ2) is 8.76. The van der Waals surface area contributed by atoms with Crippen LogP contribution in [0, 0.1) is 5.92 Å². The predicted octanol–water partition coefficient (Wildman–Crippen LogP) is 2.95. The number of para-hydroxylation sites is 2. The highest BCUT2D eigenvalue weighted by Crippen LogP contribution is 2.45. The highest BCUT2D eigenvalue weighted by Gasteiger charge is 2.52. The van der Waals surface area contributed by atoms with E-state index in [0.29, 0.717) is 37.6 Å². The minimum Gasteiger partial charge on any atom is -0.466 e. The van der Waals surface area contributed by atoms with Gasteiger partial charge in [-0.2, -0.15) is 0 Å². The number of hydrogen-bond acceptors (Lipinski definition) is 5. The lowest BCUT2D eigenvalue weighted by atomic mass is 9.89. The van der Waals surface area contributed by atoms with Crippen LogP contribution in [0.2, 0.25) is 0 Å². The van der Waals surface area contributed by atoms with Crippen LogP contribution in [0.3, 0.4) is 0 Å². The Morgan fingerprint density at radius 1 is 1.23 bits per heavy atom. The first kappa shape index (κ1) is 20.8. The zero-order valence-electron chi connectivity index (χ0n) is 17.7. The van der Waals surface area contributed by atoms with Crippen LogP contribution >= 0.6 is 0 Å². The first-order chi connectivity index (χ1) is 14.5. The molecule has 2 saturated carbocycles. The molecule has 1 N–H and O–H groups in total. The van der Waals surface area contributed by atoms with E-state index >= 15 is 0 Å². The molecule has 4 rings (SSSR count). The summed E-state index contributed by atoms with van der Waals surface area (Å²) in [5, 5.41) is 3.02. The van der Waals surface area contributed by atoms with Crippen molar-refractivity contribution < 1.29 is 19.1 Å². The van der Waals surface area contributed by atoms with Gasteiger partial charge >= 0.3 is 5.97 Å². The molecule has 1 aromatic carbocycles. The van der Waals surface area contributed by atoms with Crippen LogP contribution in [-0.4, -0.2) is 54.5 Å². The third-order valence-electron chi connectivity index (χ3n) is 6.43. The average Bonchev–Trinajstić information content (AvgIpc) is 3.41. The van der Waals surface area contributed by atoms with E-state index in [2.05, 4.69) is 10.2 Å². The number of hydrogen-bond donors (Lipinski definition) is 1. The summed E-state index contributed by atoms with van der Waals surface area (Å²) in [6.07, 6.45) is 5.86. The van der Waals surface area contributed by atoms with Crippen molar-refractivity contribution >= 4 is 29.2 Å². The van der Waals surface area contributed by atoms with E-state index in [0.717, 1.165) is 25.1 Å². The molecule has 30 heavy (non-hydrogen) atoms. The molecule has 7 nitrogen and oxygen atoms in total. The van der Waals surface area contributed by atoms with Gasteiger partial charge in [-0.15, -0.1) is 0 Å². The van der Waals surface area contributed by atoms with Crippen LogP contribution in [0.15, 0.2) is 24.3 Å². The Balaban J connectivity index is 1.55. The molecule has 2 aliphatic carbocycles. The Kier molecular flexibility index (Phi) is 6.09. The Bertz CT molecular complexity index is 814. The molecule has 1 spiro atoms. The Morgan fingerprint density at radius 3 is 2.67 bits per heavy atom. The number of fused-ring (bicyclic) bond motifs is 1. The zero-order chi connectivity index (χ0) is 21.1. The van der Waals surface area contributed by atoms with Crippen molar-refractivity contribution in [2.45, 2.75) is 57.4 Å². The summed E-state index contributed by atoms with van der Waals surface area (Å²) < 4.78 is 5.06. The molecule has 2 amide bonds. The van der Waals surface area contributed by atoms with Gasteiger partial charge in [0.2, 0.25) is 5.91 Å². The number of esters is 1. The van der Waals surface area contributed by atoms with Crippen LogP contribution in [-0.2, 0) is 19.1 Å². The van der Waals surface area contributed by atoms with Crippen molar-refractivity contribution in [3.05, 3.63) is 24.3 Å². The molecule has 0 radical (unpaired) electrons. The van der Waals surface area contributed by atoms with E-state index in [9.17, 15) is 14.4 Å². The summed E-state index contributed by atoms with van der Waals surface area (Å²) >= 11 is 0. The summed E-state index contributed by atoms with van der Waals surface area (Å²) in [4.78, 5) is 42.4. The molecule has 0 bridgehead atoms. The Morgan fingerprint density at radius 2 is 1.97 bits per heavy atom. The van der Waals surface area contributed by atoms with Crippen molar-refractivity contribution in [2.75, 3.05) is 36.5 Å². The monoisotopic (exact) mass is 413 g/mol. The minimum atomic E-state index is -0.794. The number of carbonyl (C=O) groups excluding carboxylic acids is 3. The number of benzene rings is 1. The largest absolute Gasteiger partial charge is 0.466 e. The van der Waals surface area contributed by atoms with E-state index in [4.69, 9.17) is 4.74 Å². The zero-order valence-corrected chi connectivity index (χ0v) is 17.7. The molecule has 0 saturated heterocycles. The fourth-order valence-corrected chi connectivity index (χ4v) is 4.77. The van der Waals surface area contributed by atoms with E-state index in [1.165, 1.54) is 12.8 Å². The number of nitrogens with one attached hydrogen (secondary N) is 1. The average molecular weight is 414 g/mol. The molecule has 0 atom stereocenters. The number of nitrogens with zero attached hydrogens (tertiary/aromatic N) is 2. The van der Waals surface area contributed by atoms with E-state index < -0.39 is 5.54 Å². The topological polar surface area (TPSA) is 79.0 Å². The number of anilines is 2. The third-order valence-corrected chi connectivity index (χ3v) is 6.43. The molecule has 2 fully saturated rings. The number of ether oxygens (including phenoxy) is 1.